The molecule has 0 aromatic heterocycles. The number of hydrogen-bond donors (Lipinski definition) is 1. The lowest BCUT2D eigenvalue weighted by molar-refractivity contribution is -0.151. The summed E-state index contributed by atoms with van der Waals surface area (Å²) >= 11 is 0. The number of rotatable bonds is 5. The van der Waals surface area contributed by atoms with Gasteiger partial charge in [0.1, 0.15) is 12.6 Å². The number of morpholine rings is 1. The molecule has 2 aliphatic rings. The second-order valence-corrected chi connectivity index (χ2v) is 8.12. The van der Waals surface area contributed by atoms with Crippen molar-refractivity contribution in [3.8, 4) is 0 Å². The maximum atomic E-state index is 13.2. The molecule has 2 unspecified atom stereocenters. The molecule has 0 bridgehead atoms. The minimum atomic E-state index is -0.201. The summed E-state index contributed by atoms with van der Waals surface area (Å²) in [7, 11) is 0. The summed E-state index contributed by atoms with van der Waals surface area (Å²) < 4.78 is 6.10. The lowest BCUT2D eigenvalue weighted by Gasteiger charge is -2.44. The maximum absolute atomic E-state index is 13.2. The quantitative estimate of drug-likeness (QED) is 0.771. The Morgan fingerprint density at radius 2 is 1.83 bits per heavy atom. The van der Waals surface area contributed by atoms with Crippen LogP contribution in [-0.4, -0.2) is 35.4 Å². The van der Waals surface area contributed by atoms with Crippen molar-refractivity contribution >= 4 is 17.9 Å². The van der Waals surface area contributed by atoms with Crippen LogP contribution in [0.1, 0.15) is 42.4 Å². The van der Waals surface area contributed by atoms with Gasteiger partial charge in [-0.15, -0.1) is 0 Å². The van der Waals surface area contributed by atoms with Crippen molar-refractivity contribution in [1.82, 2.24) is 10.2 Å². The molecular formula is C25H28N2O3. The Kier molecular flexibility index (Phi) is 6.17. The Balaban J connectivity index is 1.47. The van der Waals surface area contributed by atoms with Gasteiger partial charge < -0.3 is 15.0 Å². The van der Waals surface area contributed by atoms with E-state index in [1.54, 1.807) is 11.0 Å². The molecule has 2 fully saturated rings. The van der Waals surface area contributed by atoms with Gasteiger partial charge in [0.2, 0.25) is 5.91 Å². The lowest BCUT2D eigenvalue weighted by atomic mass is 9.89. The zero-order valence-corrected chi connectivity index (χ0v) is 17.3. The van der Waals surface area contributed by atoms with Crippen molar-refractivity contribution in [2.45, 2.75) is 51.3 Å². The molecule has 4 rings (SSSR count). The lowest BCUT2D eigenvalue weighted by Crippen LogP contribution is -2.57. The fourth-order valence-corrected chi connectivity index (χ4v) is 4.18. The number of ether oxygens (including phenoxy) is 1. The number of benzene rings is 2. The molecule has 1 aliphatic carbocycles. The molecule has 1 saturated heterocycles. The smallest absolute Gasteiger partial charge is 0.289 e. The average Bonchev–Trinajstić information content (AvgIpc) is 2.77. The molecule has 1 heterocycles. The van der Waals surface area contributed by atoms with Crippen LogP contribution in [-0.2, 0) is 20.9 Å². The molecule has 0 spiro atoms. The van der Waals surface area contributed by atoms with Crippen LogP contribution in [0.25, 0.3) is 6.08 Å². The van der Waals surface area contributed by atoms with Gasteiger partial charge in [0, 0.05) is 6.54 Å². The summed E-state index contributed by atoms with van der Waals surface area (Å²) in [5.74, 6) is -0.0163. The monoisotopic (exact) mass is 404 g/mol. The first-order valence-electron chi connectivity index (χ1n) is 10.7. The van der Waals surface area contributed by atoms with Crippen LogP contribution in [0, 0.1) is 6.92 Å². The van der Waals surface area contributed by atoms with Crippen LogP contribution in [0.5, 0.6) is 0 Å². The van der Waals surface area contributed by atoms with Gasteiger partial charge in [0.05, 0.1) is 6.04 Å². The molecule has 5 heteroatoms. The molecule has 1 aliphatic heterocycles. The molecule has 1 N–H and O–H groups in total. The maximum Gasteiger partial charge on any atom is 0.289 e. The number of aryl methyl sites for hydroxylation is 1. The van der Waals surface area contributed by atoms with E-state index in [0.717, 1.165) is 36.8 Å². The number of hydrogen-bond acceptors (Lipinski definition) is 3. The van der Waals surface area contributed by atoms with Gasteiger partial charge in [0.15, 0.2) is 5.76 Å². The predicted molar refractivity (Wildman–Crippen MR) is 116 cm³/mol. The van der Waals surface area contributed by atoms with Crippen molar-refractivity contribution in [3.63, 3.8) is 0 Å². The van der Waals surface area contributed by atoms with Gasteiger partial charge in [-0.2, -0.15) is 0 Å². The first-order valence-corrected chi connectivity index (χ1v) is 10.7. The largest absolute Gasteiger partial charge is 0.482 e. The van der Waals surface area contributed by atoms with Gasteiger partial charge in [0.25, 0.3) is 5.91 Å². The van der Waals surface area contributed by atoms with E-state index in [2.05, 4.69) is 5.32 Å². The number of carbonyl (C=O) groups is 2. The highest BCUT2D eigenvalue weighted by Crippen LogP contribution is 2.33. The van der Waals surface area contributed by atoms with Crippen molar-refractivity contribution in [2.24, 2.45) is 0 Å². The van der Waals surface area contributed by atoms with Crippen LogP contribution in [0.4, 0.5) is 0 Å². The molecule has 156 valence electrons. The molecule has 2 amide bonds. The minimum Gasteiger partial charge on any atom is -0.482 e. The Labute approximate surface area is 177 Å². The third-order valence-electron chi connectivity index (χ3n) is 5.84. The topological polar surface area (TPSA) is 58.6 Å². The van der Waals surface area contributed by atoms with Crippen LogP contribution in [0.2, 0.25) is 0 Å². The zero-order chi connectivity index (χ0) is 20.9. The summed E-state index contributed by atoms with van der Waals surface area (Å²) in [5.41, 5.74) is 3.14. The van der Waals surface area contributed by atoms with E-state index in [1.807, 2.05) is 61.5 Å². The molecule has 2 aromatic rings. The summed E-state index contributed by atoms with van der Waals surface area (Å²) in [6.45, 7) is 2.55. The highest BCUT2D eigenvalue weighted by Gasteiger charge is 2.42. The van der Waals surface area contributed by atoms with Crippen molar-refractivity contribution in [3.05, 3.63) is 77.0 Å². The molecule has 2 aromatic carbocycles. The Bertz CT molecular complexity index is 921. The Morgan fingerprint density at radius 3 is 2.60 bits per heavy atom. The third kappa shape index (κ3) is 4.73. The summed E-state index contributed by atoms with van der Waals surface area (Å²) in [5, 5.41) is 2.95. The number of nitrogens with zero attached hydrogens (tertiary/aromatic N) is 1. The Morgan fingerprint density at radius 1 is 1.10 bits per heavy atom. The number of fused-ring (bicyclic) bond motifs is 1. The normalized spacial score (nSPS) is 22.4. The van der Waals surface area contributed by atoms with Gasteiger partial charge in [-0.1, -0.05) is 66.6 Å². The van der Waals surface area contributed by atoms with Gasteiger partial charge in [-0.05, 0) is 43.4 Å². The zero-order valence-electron chi connectivity index (χ0n) is 17.3. The van der Waals surface area contributed by atoms with E-state index < -0.39 is 0 Å². The summed E-state index contributed by atoms with van der Waals surface area (Å²) in [4.78, 5) is 27.6. The fourth-order valence-electron chi connectivity index (χ4n) is 4.18. The van der Waals surface area contributed by atoms with Gasteiger partial charge >= 0.3 is 0 Å². The van der Waals surface area contributed by atoms with E-state index in [1.165, 1.54) is 5.56 Å². The SMILES string of the molecule is Cc1ccc(CNC(=O)CN2C(=O)/C(=C\c3ccccc3)OC3CCCCC32)cc1. The van der Waals surface area contributed by atoms with Crippen molar-refractivity contribution < 1.29 is 14.3 Å². The Hall–Kier alpha value is -3.08. The third-order valence-corrected chi connectivity index (χ3v) is 5.84. The van der Waals surface area contributed by atoms with Crippen molar-refractivity contribution in [1.29, 1.82) is 0 Å². The van der Waals surface area contributed by atoms with E-state index in [-0.39, 0.29) is 30.5 Å². The highest BCUT2D eigenvalue weighted by molar-refractivity contribution is 5.98. The second kappa shape index (κ2) is 9.16. The highest BCUT2D eigenvalue weighted by atomic mass is 16.5. The molecule has 5 nitrogen and oxygen atoms in total. The molecule has 2 atom stereocenters. The average molecular weight is 405 g/mol. The predicted octanol–water partition coefficient (Wildman–Crippen LogP) is 3.82. The second-order valence-electron chi connectivity index (χ2n) is 8.12. The molecular weight excluding hydrogens is 376 g/mol. The first kappa shape index (κ1) is 20.2. The van der Waals surface area contributed by atoms with E-state index in [4.69, 9.17) is 4.74 Å². The van der Waals surface area contributed by atoms with Crippen LogP contribution in [0.3, 0.4) is 0 Å². The number of nitrogens with one attached hydrogen (secondary N) is 1. The molecule has 1 saturated carbocycles. The van der Waals surface area contributed by atoms with Crippen molar-refractivity contribution in [2.75, 3.05) is 6.54 Å². The standard InChI is InChI=1S/C25H28N2O3/c1-18-11-13-20(14-12-18)16-26-24(28)17-27-21-9-5-6-10-22(21)30-23(25(27)29)15-19-7-3-2-4-8-19/h2-4,7-8,11-15,21-22H,5-6,9-10,16-17H2,1H3,(H,26,28)/b23-15+. The van der Waals surface area contributed by atoms with Crippen LogP contribution < -0.4 is 5.32 Å². The first-order chi connectivity index (χ1) is 14.6. The number of carbonyl (C=O) groups excluding carboxylic acids is 2. The van der Waals surface area contributed by atoms with E-state index >= 15 is 0 Å². The summed E-state index contributed by atoms with van der Waals surface area (Å²) in [6.07, 6.45) is 5.66. The number of amides is 2. The molecule has 30 heavy (non-hydrogen) atoms. The van der Waals surface area contributed by atoms with E-state index in [9.17, 15) is 9.59 Å². The molecule has 0 radical (unpaired) electrons. The summed E-state index contributed by atoms with van der Waals surface area (Å²) in [6, 6.07) is 17.7. The van der Waals surface area contributed by atoms with Gasteiger partial charge in [-0.3, -0.25) is 9.59 Å². The van der Waals surface area contributed by atoms with Crippen LogP contribution >= 0.6 is 0 Å². The van der Waals surface area contributed by atoms with Gasteiger partial charge in [-0.25, -0.2) is 0 Å². The van der Waals surface area contributed by atoms with Crippen LogP contribution in [0.15, 0.2) is 60.4 Å². The van der Waals surface area contributed by atoms with E-state index in [0.29, 0.717) is 12.3 Å². The fraction of sp³-hybridized carbons (Fsp3) is 0.360. The minimum absolute atomic E-state index is 0.0377.